The molecule has 0 aromatic heterocycles. The standard InChI is InChI=1S/C14H10O7S/c15-13(11-7-3-1-4-8-11)19-21-22(17,18)20-14(16)12-9-5-2-6-10-12/h1-10H. The summed E-state index contributed by atoms with van der Waals surface area (Å²) in [7, 11) is -4.82. The van der Waals surface area contributed by atoms with Crippen molar-refractivity contribution in [3.8, 4) is 0 Å². The van der Waals surface area contributed by atoms with Crippen molar-refractivity contribution >= 4 is 22.3 Å². The topological polar surface area (TPSA) is 96.0 Å². The first kappa shape index (κ1) is 15.7. The zero-order valence-corrected chi connectivity index (χ0v) is 11.9. The molecule has 0 aliphatic heterocycles. The van der Waals surface area contributed by atoms with Crippen molar-refractivity contribution in [2.24, 2.45) is 0 Å². The van der Waals surface area contributed by atoms with Gasteiger partial charge < -0.3 is 4.18 Å². The summed E-state index contributed by atoms with van der Waals surface area (Å²) in [5.74, 6) is -2.20. The number of carbonyl (C=O) groups excluding carboxylic acids is 2. The maximum Gasteiger partial charge on any atom is 0.488 e. The minimum atomic E-state index is -4.82. The second-order valence-corrected chi connectivity index (χ2v) is 5.07. The second kappa shape index (κ2) is 6.83. The van der Waals surface area contributed by atoms with Crippen molar-refractivity contribution < 1.29 is 31.4 Å². The lowest BCUT2D eigenvalue weighted by atomic mass is 10.2. The number of rotatable bonds is 5. The van der Waals surface area contributed by atoms with Crippen LogP contribution in [-0.4, -0.2) is 20.4 Å². The van der Waals surface area contributed by atoms with Gasteiger partial charge in [0, 0.05) is 0 Å². The quantitative estimate of drug-likeness (QED) is 0.612. The highest BCUT2D eigenvalue weighted by Crippen LogP contribution is 2.08. The van der Waals surface area contributed by atoms with Gasteiger partial charge in [-0.05, 0) is 28.6 Å². The van der Waals surface area contributed by atoms with Gasteiger partial charge in [-0.15, -0.1) is 0 Å². The van der Waals surface area contributed by atoms with E-state index < -0.39 is 22.3 Å². The van der Waals surface area contributed by atoms with Crippen LogP contribution in [0.3, 0.4) is 0 Å². The van der Waals surface area contributed by atoms with Crippen LogP contribution in [0.15, 0.2) is 60.7 Å². The fourth-order valence-electron chi connectivity index (χ4n) is 1.42. The lowest BCUT2D eigenvalue weighted by Gasteiger charge is -2.04. The van der Waals surface area contributed by atoms with Gasteiger partial charge in [0.15, 0.2) is 0 Å². The highest BCUT2D eigenvalue weighted by molar-refractivity contribution is 7.82. The predicted molar refractivity (Wildman–Crippen MR) is 73.7 cm³/mol. The molecular weight excluding hydrogens is 312 g/mol. The van der Waals surface area contributed by atoms with E-state index in [4.69, 9.17) is 0 Å². The first-order valence-electron chi connectivity index (χ1n) is 5.97. The minimum Gasteiger partial charge on any atom is -0.318 e. The van der Waals surface area contributed by atoms with Crippen LogP contribution in [0.1, 0.15) is 20.7 Å². The molecule has 0 atom stereocenters. The molecular formula is C14H10O7S. The maximum absolute atomic E-state index is 11.6. The molecule has 0 aliphatic carbocycles. The molecule has 0 N–H and O–H groups in total. The van der Waals surface area contributed by atoms with Gasteiger partial charge in [0.1, 0.15) is 0 Å². The van der Waals surface area contributed by atoms with Crippen molar-refractivity contribution in [3.05, 3.63) is 71.8 Å². The summed E-state index contributed by atoms with van der Waals surface area (Å²) in [6.45, 7) is 0. The monoisotopic (exact) mass is 322 g/mol. The van der Waals surface area contributed by atoms with E-state index in [0.29, 0.717) is 0 Å². The summed E-state index contributed by atoms with van der Waals surface area (Å²) in [5.41, 5.74) is 0.0798. The molecule has 0 heterocycles. The van der Waals surface area contributed by atoms with Crippen LogP contribution in [0, 0.1) is 0 Å². The number of hydrogen-bond acceptors (Lipinski definition) is 7. The Bertz CT molecular complexity index is 754. The third-order valence-electron chi connectivity index (χ3n) is 2.39. The van der Waals surface area contributed by atoms with Crippen molar-refractivity contribution in [1.82, 2.24) is 0 Å². The molecule has 114 valence electrons. The SMILES string of the molecule is O=C(OOS(=O)(=O)OC(=O)c1ccccc1)c1ccccc1. The third-order valence-corrected chi connectivity index (χ3v) is 2.98. The molecule has 0 spiro atoms. The molecule has 2 rings (SSSR count). The summed E-state index contributed by atoms with van der Waals surface area (Å²) in [6, 6.07) is 15.0. The molecule has 2 aromatic carbocycles. The fraction of sp³-hybridized carbons (Fsp3) is 0. The molecule has 0 amide bonds. The Hall–Kier alpha value is -2.71. The Balaban J connectivity index is 1.94. The van der Waals surface area contributed by atoms with Gasteiger partial charge in [0.2, 0.25) is 0 Å². The normalized spacial score (nSPS) is 10.7. The van der Waals surface area contributed by atoms with Gasteiger partial charge >= 0.3 is 22.3 Å². The summed E-state index contributed by atoms with van der Waals surface area (Å²) in [4.78, 5) is 27.2. The van der Waals surface area contributed by atoms with Gasteiger partial charge in [0.25, 0.3) is 0 Å². The summed E-state index contributed by atoms with van der Waals surface area (Å²) in [6.07, 6.45) is 0. The van der Waals surface area contributed by atoms with Crippen LogP contribution in [-0.2, 0) is 23.8 Å². The number of hydrogen-bond donors (Lipinski definition) is 0. The van der Waals surface area contributed by atoms with E-state index in [1.165, 1.54) is 36.4 Å². The van der Waals surface area contributed by atoms with Crippen LogP contribution in [0.4, 0.5) is 0 Å². The third kappa shape index (κ3) is 4.40. The van der Waals surface area contributed by atoms with Crippen molar-refractivity contribution in [3.63, 3.8) is 0 Å². The molecule has 0 saturated carbocycles. The van der Waals surface area contributed by atoms with Crippen LogP contribution in [0.2, 0.25) is 0 Å². The first-order chi connectivity index (χ1) is 10.5. The summed E-state index contributed by atoms with van der Waals surface area (Å²) >= 11 is 0. The first-order valence-corrected chi connectivity index (χ1v) is 7.30. The van der Waals surface area contributed by atoms with E-state index >= 15 is 0 Å². The van der Waals surface area contributed by atoms with E-state index in [2.05, 4.69) is 13.4 Å². The molecule has 0 unspecified atom stereocenters. The van der Waals surface area contributed by atoms with Crippen LogP contribution < -0.4 is 0 Å². The van der Waals surface area contributed by atoms with Crippen molar-refractivity contribution in [2.75, 3.05) is 0 Å². The van der Waals surface area contributed by atoms with Crippen molar-refractivity contribution in [1.29, 1.82) is 0 Å². The Morgan fingerprint density at radius 1 is 0.727 bits per heavy atom. The Morgan fingerprint density at radius 3 is 1.68 bits per heavy atom. The molecule has 8 heteroatoms. The fourth-order valence-corrected chi connectivity index (χ4v) is 1.88. The Kier molecular flexibility index (Phi) is 4.87. The zero-order valence-electron chi connectivity index (χ0n) is 11.0. The van der Waals surface area contributed by atoms with Crippen LogP contribution in [0.5, 0.6) is 0 Å². The van der Waals surface area contributed by atoms with Crippen molar-refractivity contribution in [2.45, 2.75) is 0 Å². The van der Waals surface area contributed by atoms with Gasteiger partial charge in [-0.1, -0.05) is 36.4 Å². The van der Waals surface area contributed by atoms with Gasteiger partial charge in [-0.3, -0.25) is 4.89 Å². The maximum atomic E-state index is 11.6. The van der Waals surface area contributed by atoms with Gasteiger partial charge in [-0.2, -0.15) is 8.42 Å². The molecule has 0 saturated heterocycles. The van der Waals surface area contributed by atoms with E-state index in [-0.39, 0.29) is 11.1 Å². The lowest BCUT2D eigenvalue weighted by molar-refractivity contribution is -0.151. The van der Waals surface area contributed by atoms with Crippen LogP contribution in [0.25, 0.3) is 0 Å². The Labute approximate surface area is 126 Å². The highest BCUT2D eigenvalue weighted by atomic mass is 32.3. The van der Waals surface area contributed by atoms with Gasteiger partial charge in [-0.25, -0.2) is 9.59 Å². The number of benzene rings is 2. The molecule has 0 bridgehead atoms. The molecule has 0 fully saturated rings. The van der Waals surface area contributed by atoms with Gasteiger partial charge in [0.05, 0.1) is 11.1 Å². The average molecular weight is 322 g/mol. The Morgan fingerprint density at radius 2 is 1.18 bits per heavy atom. The van der Waals surface area contributed by atoms with E-state index in [1.807, 2.05) is 0 Å². The smallest absolute Gasteiger partial charge is 0.318 e. The predicted octanol–water partition coefficient (Wildman–Crippen LogP) is 1.88. The second-order valence-electron chi connectivity index (χ2n) is 3.95. The summed E-state index contributed by atoms with van der Waals surface area (Å²) in [5, 5.41) is 0. The number of carbonyl (C=O) groups is 2. The average Bonchev–Trinajstić information content (AvgIpc) is 2.54. The summed E-state index contributed by atoms with van der Waals surface area (Å²) < 4.78 is 30.9. The molecule has 22 heavy (non-hydrogen) atoms. The molecule has 2 aromatic rings. The largest absolute Gasteiger partial charge is 0.488 e. The minimum absolute atomic E-state index is 0.00376. The van der Waals surface area contributed by atoms with E-state index in [1.54, 1.807) is 24.3 Å². The molecule has 0 aliphatic rings. The molecule has 7 nitrogen and oxygen atoms in total. The van der Waals surface area contributed by atoms with E-state index in [0.717, 1.165) is 0 Å². The highest BCUT2D eigenvalue weighted by Gasteiger charge is 2.23. The van der Waals surface area contributed by atoms with Crippen LogP contribution >= 0.6 is 0 Å². The lowest BCUT2D eigenvalue weighted by Crippen LogP contribution is -2.18. The zero-order chi connectivity index (χ0) is 16.0. The molecule has 0 radical (unpaired) electrons. The van der Waals surface area contributed by atoms with E-state index in [9.17, 15) is 18.0 Å².